The first-order chi connectivity index (χ1) is 4.61. The van der Waals surface area contributed by atoms with E-state index in [4.69, 9.17) is 10.8 Å². The molecule has 0 heterocycles. The van der Waals surface area contributed by atoms with E-state index in [9.17, 15) is 4.79 Å². The van der Waals surface area contributed by atoms with E-state index in [1.807, 2.05) is 0 Å². The molecule has 1 saturated carbocycles. The summed E-state index contributed by atoms with van der Waals surface area (Å²) in [6, 6.07) is -0.118. The lowest BCUT2D eigenvalue weighted by Crippen LogP contribution is -2.26. The lowest BCUT2D eigenvalue weighted by atomic mass is 10.1. The molecule has 0 bridgehead atoms. The number of carboxylic acids is 1. The summed E-state index contributed by atoms with van der Waals surface area (Å²) in [6.07, 6.45) is 1.23. The van der Waals surface area contributed by atoms with Crippen LogP contribution in [0.3, 0.4) is 0 Å². The lowest BCUT2D eigenvalue weighted by Gasteiger charge is -2.05. The van der Waals surface area contributed by atoms with Crippen LogP contribution in [0.4, 0.5) is 0 Å². The fourth-order valence-electron chi connectivity index (χ4n) is 1.30. The van der Waals surface area contributed by atoms with Gasteiger partial charge in [0.15, 0.2) is 0 Å². The van der Waals surface area contributed by atoms with Crippen molar-refractivity contribution in [3.63, 3.8) is 0 Å². The molecule has 0 radical (unpaired) electrons. The van der Waals surface area contributed by atoms with Crippen molar-refractivity contribution in [3.8, 4) is 0 Å². The van der Waals surface area contributed by atoms with Crippen molar-refractivity contribution in [1.82, 2.24) is 0 Å². The minimum absolute atomic E-state index is 0.118. The Kier molecular flexibility index (Phi) is 1.94. The number of aliphatic carboxylic acids is 1. The van der Waals surface area contributed by atoms with E-state index in [0.29, 0.717) is 11.8 Å². The summed E-state index contributed by atoms with van der Waals surface area (Å²) in [5.74, 6) is 0.331. The summed E-state index contributed by atoms with van der Waals surface area (Å²) in [7, 11) is 0. The van der Waals surface area contributed by atoms with Crippen molar-refractivity contribution in [2.75, 3.05) is 0 Å². The van der Waals surface area contributed by atoms with E-state index in [-0.39, 0.29) is 12.5 Å². The van der Waals surface area contributed by atoms with E-state index in [1.54, 1.807) is 0 Å². The molecule has 0 aliphatic heterocycles. The van der Waals surface area contributed by atoms with Gasteiger partial charge in [0, 0.05) is 6.04 Å². The summed E-state index contributed by atoms with van der Waals surface area (Å²) in [4.78, 5) is 10.2. The predicted octanol–water partition coefficient (Wildman–Crippen LogP) is 0.444. The predicted molar refractivity (Wildman–Crippen MR) is 37.5 cm³/mol. The number of carboxylic acid groups (broad SMARTS) is 1. The van der Waals surface area contributed by atoms with Crippen LogP contribution in [-0.2, 0) is 4.79 Å². The maximum atomic E-state index is 10.2. The quantitative estimate of drug-likeness (QED) is 0.602. The zero-order chi connectivity index (χ0) is 7.72. The molecule has 1 rings (SSSR count). The third-order valence-corrected chi connectivity index (χ3v) is 2.13. The van der Waals surface area contributed by atoms with Gasteiger partial charge in [-0.05, 0) is 18.3 Å². The van der Waals surface area contributed by atoms with E-state index in [2.05, 4.69) is 6.92 Å². The van der Waals surface area contributed by atoms with Gasteiger partial charge in [-0.15, -0.1) is 0 Å². The van der Waals surface area contributed by atoms with Gasteiger partial charge in [0.2, 0.25) is 0 Å². The van der Waals surface area contributed by atoms with Gasteiger partial charge < -0.3 is 10.8 Å². The van der Waals surface area contributed by atoms with Crippen LogP contribution in [0.15, 0.2) is 0 Å². The molecule has 58 valence electrons. The van der Waals surface area contributed by atoms with Crippen LogP contribution < -0.4 is 5.73 Å². The van der Waals surface area contributed by atoms with Crippen LogP contribution in [0.1, 0.15) is 19.8 Å². The first kappa shape index (κ1) is 7.54. The summed E-state index contributed by atoms with van der Waals surface area (Å²) in [6.45, 7) is 2.10. The van der Waals surface area contributed by atoms with Crippen molar-refractivity contribution in [2.45, 2.75) is 25.8 Å². The largest absolute Gasteiger partial charge is 0.481 e. The number of hydrogen-bond donors (Lipinski definition) is 2. The fraction of sp³-hybridized carbons (Fsp3) is 0.857. The molecule has 3 heteroatoms. The molecule has 0 amide bonds. The monoisotopic (exact) mass is 143 g/mol. The molecule has 3 atom stereocenters. The SMILES string of the molecule is CC1CC1[C@@H](N)CC(=O)O. The Morgan fingerprint density at radius 2 is 2.40 bits per heavy atom. The highest BCUT2D eigenvalue weighted by Crippen LogP contribution is 2.40. The van der Waals surface area contributed by atoms with Crippen molar-refractivity contribution in [2.24, 2.45) is 17.6 Å². The van der Waals surface area contributed by atoms with Crippen molar-refractivity contribution < 1.29 is 9.90 Å². The molecular weight excluding hydrogens is 130 g/mol. The second kappa shape index (κ2) is 2.58. The van der Waals surface area contributed by atoms with Gasteiger partial charge >= 0.3 is 5.97 Å². The number of hydrogen-bond acceptors (Lipinski definition) is 2. The molecule has 1 aliphatic rings. The Labute approximate surface area is 60.2 Å². The Balaban J connectivity index is 2.22. The van der Waals surface area contributed by atoms with Gasteiger partial charge in [-0.25, -0.2) is 0 Å². The first-order valence-corrected chi connectivity index (χ1v) is 3.58. The van der Waals surface area contributed by atoms with Crippen LogP contribution in [0, 0.1) is 11.8 Å². The van der Waals surface area contributed by atoms with E-state index in [1.165, 1.54) is 0 Å². The highest BCUT2D eigenvalue weighted by Gasteiger charge is 2.38. The van der Waals surface area contributed by atoms with Gasteiger partial charge in [-0.2, -0.15) is 0 Å². The first-order valence-electron chi connectivity index (χ1n) is 3.58. The number of rotatable bonds is 3. The van der Waals surface area contributed by atoms with Crippen molar-refractivity contribution in [1.29, 1.82) is 0 Å². The van der Waals surface area contributed by atoms with Gasteiger partial charge in [-0.3, -0.25) is 4.79 Å². The van der Waals surface area contributed by atoms with Crippen LogP contribution in [0.25, 0.3) is 0 Å². The molecule has 0 saturated heterocycles. The number of nitrogens with two attached hydrogens (primary N) is 1. The van der Waals surface area contributed by atoms with Gasteiger partial charge in [-0.1, -0.05) is 6.92 Å². The normalized spacial score (nSPS) is 33.4. The van der Waals surface area contributed by atoms with Crippen LogP contribution in [0.5, 0.6) is 0 Å². The summed E-state index contributed by atoms with van der Waals surface area (Å²) in [5.41, 5.74) is 5.59. The zero-order valence-electron chi connectivity index (χ0n) is 6.08. The molecule has 0 aromatic rings. The molecule has 0 aromatic heterocycles. The molecule has 10 heavy (non-hydrogen) atoms. The van der Waals surface area contributed by atoms with Crippen molar-refractivity contribution in [3.05, 3.63) is 0 Å². The molecule has 3 nitrogen and oxygen atoms in total. The molecular formula is C7H13NO2. The summed E-state index contributed by atoms with van der Waals surface area (Å²) >= 11 is 0. The fourth-order valence-corrected chi connectivity index (χ4v) is 1.30. The molecule has 1 fully saturated rings. The smallest absolute Gasteiger partial charge is 0.304 e. The zero-order valence-corrected chi connectivity index (χ0v) is 6.08. The highest BCUT2D eigenvalue weighted by molar-refractivity contribution is 5.67. The number of carbonyl (C=O) groups is 1. The summed E-state index contributed by atoms with van der Waals surface area (Å²) in [5, 5.41) is 8.37. The van der Waals surface area contributed by atoms with Gasteiger partial charge in [0.05, 0.1) is 6.42 Å². The molecule has 1 aliphatic carbocycles. The van der Waals surface area contributed by atoms with Crippen LogP contribution in [0.2, 0.25) is 0 Å². The second-order valence-corrected chi connectivity index (χ2v) is 3.14. The molecule has 0 aromatic carbocycles. The van der Waals surface area contributed by atoms with E-state index < -0.39 is 5.97 Å². The average Bonchev–Trinajstić information content (AvgIpc) is 2.44. The third kappa shape index (κ3) is 1.70. The second-order valence-electron chi connectivity index (χ2n) is 3.14. The maximum Gasteiger partial charge on any atom is 0.304 e. The Bertz CT molecular complexity index is 147. The van der Waals surface area contributed by atoms with Crippen molar-refractivity contribution >= 4 is 5.97 Å². The Morgan fingerprint density at radius 1 is 1.90 bits per heavy atom. The minimum Gasteiger partial charge on any atom is -0.481 e. The van der Waals surface area contributed by atoms with Crippen LogP contribution in [-0.4, -0.2) is 17.1 Å². The Hall–Kier alpha value is -0.570. The van der Waals surface area contributed by atoms with Gasteiger partial charge in [0.1, 0.15) is 0 Å². The molecule has 3 N–H and O–H groups in total. The van der Waals surface area contributed by atoms with Gasteiger partial charge in [0.25, 0.3) is 0 Å². The third-order valence-electron chi connectivity index (χ3n) is 2.13. The van der Waals surface area contributed by atoms with E-state index >= 15 is 0 Å². The average molecular weight is 143 g/mol. The highest BCUT2D eigenvalue weighted by atomic mass is 16.4. The summed E-state index contributed by atoms with van der Waals surface area (Å²) < 4.78 is 0. The maximum absolute atomic E-state index is 10.2. The Morgan fingerprint density at radius 3 is 2.70 bits per heavy atom. The minimum atomic E-state index is -0.786. The molecule has 0 spiro atoms. The van der Waals surface area contributed by atoms with Crippen LogP contribution >= 0.6 is 0 Å². The molecule has 2 unspecified atom stereocenters. The van der Waals surface area contributed by atoms with E-state index in [0.717, 1.165) is 6.42 Å². The lowest BCUT2D eigenvalue weighted by molar-refractivity contribution is -0.137. The topological polar surface area (TPSA) is 63.3 Å². The standard InChI is InChI=1S/C7H13NO2/c1-4-2-5(4)6(8)3-7(9)10/h4-6H,2-3,8H2,1H3,(H,9,10)/t4?,5?,6-/m0/s1.